The predicted molar refractivity (Wildman–Crippen MR) is 132 cm³/mol. The molecule has 3 N–H and O–H groups in total. The van der Waals surface area contributed by atoms with Crippen molar-refractivity contribution in [1.82, 2.24) is 10.6 Å². The zero-order valence-corrected chi connectivity index (χ0v) is 21.1. The van der Waals surface area contributed by atoms with Gasteiger partial charge in [0, 0.05) is 17.6 Å². The van der Waals surface area contributed by atoms with Crippen LogP contribution in [-0.2, 0) is 35.0 Å². The molecule has 0 heterocycles. The first-order valence-corrected chi connectivity index (χ1v) is 11.4. The summed E-state index contributed by atoms with van der Waals surface area (Å²) in [6, 6.07) is 6.95. The molecule has 1 aromatic carbocycles. The summed E-state index contributed by atoms with van der Waals surface area (Å²) in [6.45, 7) is 9.86. The highest BCUT2D eigenvalue weighted by Crippen LogP contribution is 2.13. The molecule has 12 heteroatoms. The van der Waals surface area contributed by atoms with Gasteiger partial charge in [-0.05, 0) is 31.5 Å². The summed E-state index contributed by atoms with van der Waals surface area (Å²) in [5, 5.41) is 14.8. The first-order chi connectivity index (χ1) is 17.6. The average Bonchev–Trinajstić information content (AvgIpc) is 2.86. The molecule has 1 atom stereocenters. The van der Waals surface area contributed by atoms with Gasteiger partial charge >= 0.3 is 24.1 Å². The first kappa shape index (κ1) is 31.0. The van der Waals surface area contributed by atoms with Crippen LogP contribution in [0.5, 0.6) is 5.75 Å². The summed E-state index contributed by atoms with van der Waals surface area (Å²) < 4.78 is 25.1. The summed E-state index contributed by atoms with van der Waals surface area (Å²) in [5.41, 5.74) is 1.43. The minimum absolute atomic E-state index is 0.0189. The fraction of sp³-hybridized carbons (Fsp3) is 0.440. The van der Waals surface area contributed by atoms with E-state index in [1.54, 1.807) is 24.3 Å². The van der Waals surface area contributed by atoms with E-state index in [0.717, 1.165) is 5.56 Å². The van der Waals surface area contributed by atoms with Crippen LogP contribution in [0.4, 0.5) is 9.59 Å². The van der Waals surface area contributed by atoms with E-state index in [4.69, 9.17) is 23.7 Å². The normalized spacial score (nSPS) is 10.9. The molecule has 1 unspecified atom stereocenters. The summed E-state index contributed by atoms with van der Waals surface area (Å²) in [4.78, 5) is 45.6. The molecule has 0 aliphatic carbocycles. The molecular weight excluding hydrogens is 488 g/mol. The van der Waals surface area contributed by atoms with E-state index in [2.05, 4.69) is 23.8 Å². The number of esters is 2. The quantitative estimate of drug-likeness (QED) is 0.126. The van der Waals surface area contributed by atoms with Crippen LogP contribution in [0.2, 0.25) is 0 Å². The van der Waals surface area contributed by atoms with Gasteiger partial charge in [-0.2, -0.15) is 0 Å². The maximum Gasteiger partial charge on any atom is 0.407 e. The highest BCUT2D eigenvalue weighted by atomic mass is 16.6. The lowest BCUT2D eigenvalue weighted by molar-refractivity contribution is -0.139. The van der Waals surface area contributed by atoms with E-state index >= 15 is 0 Å². The number of benzene rings is 1. The first-order valence-electron chi connectivity index (χ1n) is 11.4. The zero-order chi connectivity index (χ0) is 27.6. The van der Waals surface area contributed by atoms with E-state index in [1.165, 1.54) is 13.8 Å². The van der Waals surface area contributed by atoms with E-state index in [9.17, 15) is 24.3 Å². The molecule has 1 aromatic rings. The van der Waals surface area contributed by atoms with E-state index in [0.29, 0.717) is 12.2 Å². The molecule has 0 saturated carbocycles. The zero-order valence-electron chi connectivity index (χ0n) is 21.1. The third-order valence-electron chi connectivity index (χ3n) is 4.30. The Kier molecular flexibility index (Phi) is 14.6. The van der Waals surface area contributed by atoms with Crippen LogP contribution in [0.3, 0.4) is 0 Å². The second-order valence-electron chi connectivity index (χ2n) is 7.78. The molecule has 0 bridgehead atoms. The number of carbonyl (C=O) groups is 4. The molecule has 0 aliphatic rings. The predicted octanol–water partition coefficient (Wildman–Crippen LogP) is 1.66. The summed E-state index contributed by atoms with van der Waals surface area (Å²) in [6.07, 6.45) is -1.97. The van der Waals surface area contributed by atoms with Crippen LogP contribution < -0.4 is 15.4 Å². The third kappa shape index (κ3) is 14.8. The second-order valence-corrected chi connectivity index (χ2v) is 7.78. The van der Waals surface area contributed by atoms with Gasteiger partial charge in [-0.25, -0.2) is 19.2 Å². The fourth-order valence-electron chi connectivity index (χ4n) is 2.37. The van der Waals surface area contributed by atoms with E-state index in [1.807, 2.05) is 0 Å². The van der Waals surface area contributed by atoms with Crippen molar-refractivity contribution in [3.8, 4) is 5.75 Å². The van der Waals surface area contributed by atoms with Gasteiger partial charge in [0.15, 0.2) is 0 Å². The summed E-state index contributed by atoms with van der Waals surface area (Å²) in [5.74, 6) is -0.580. The molecule has 2 amide bonds. The number of nitrogens with one attached hydrogen (secondary N) is 2. The van der Waals surface area contributed by atoms with Crippen LogP contribution in [0.1, 0.15) is 19.4 Å². The highest BCUT2D eigenvalue weighted by molar-refractivity contribution is 5.87. The molecule has 0 spiro atoms. The standard InChI is InChI=1S/C25H34N2O10/c1-17(2)22(29)33-13-10-26-24(31)35-12-9-19-5-7-21(8-6-19)36-15-20(28)16-37-25(32)27-11-14-34-23(30)18(3)4/h5-8,20,28H,1,3,9-16H2,2,4H3,(H,26,31)(H,27,32). The lowest BCUT2D eigenvalue weighted by atomic mass is 10.1. The van der Waals surface area contributed by atoms with Crippen molar-refractivity contribution in [2.75, 3.05) is 46.1 Å². The Morgan fingerprint density at radius 2 is 1.30 bits per heavy atom. The van der Waals surface area contributed by atoms with Gasteiger partial charge in [0.2, 0.25) is 0 Å². The van der Waals surface area contributed by atoms with Gasteiger partial charge in [-0.3, -0.25) is 0 Å². The molecular formula is C25H34N2O10. The lowest BCUT2D eigenvalue weighted by Gasteiger charge is -2.13. The molecule has 0 saturated heterocycles. The molecule has 37 heavy (non-hydrogen) atoms. The Morgan fingerprint density at radius 3 is 1.81 bits per heavy atom. The van der Waals surface area contributed by atoms with Gasteiger partial charge in [0.25, 0.3) is 0 Å². The molecule has 204 valence electrons. The van der Waals surface area contributed by atoms with Crippen molar-refractivity contribution >= 4 is 24.1 Å². The molecule has 1 rings (SSSR count). The molecule has 12 nitrogen and oxygen atoms in total. The number of hydrogen-bond acceptors (Lipinski definition) is 10. The number of hydrogen-bond donors (Lipinski definition) is 3. The molecule has 0 radical (unpaired) electrons. The minimum Gasteiger partial charge on any atom is -0.491 e. The molecule has 0 aliphatic heterocycles. The largest absolute Gasteiger partial charge is 0.491 e. The molecule has 0 fully saturated rings. The number of aliphatic hydroxyl groups is 1. The number of rotatable bonds is 16. The monoisotopic (exact) mass is 522 g/mol. The number of carbonyl (C=O) groups excluding carboxylic acids is 4. The van der Waals surface area contributed by atoms with Gasteiger partial charge in [0.1, 0.15) is 38.3 Å². The Morgan fingerprint density at radius 1 is 0.784 bits per heavy atom. The van der Waals surface area contributed by atoms with Crippen molar-refractivity contribution in [2.24, 2.45) is 0 Å². The average molecular weight is 523 g/mol. The SMILES string of the molecule is C=C(C)C(=O)OCCNC(=O)OCCc1ccc(OCC(O)COC(=O)NCCOC(=O)C(=C)C)cc1. The maximum atomic E-state index is 11.6. The lowest BCUT2D eigenvalue weighted by Crippen LogP contribution is -2.32. The number of amides is 2. The van der Waals surface area contributed by atoms with Crippen molar-refractivity contribution in [1.29, 1.82) is 0 Å². The Hall–Kier alpha value is -4.06. The Bertz CT molecular complexity index is 930. The van der Waals surface area contributed by atoms with Crippen molar-refractivity contribution in [3.05, 3.63) is 54.1 Å². The smallest absolute Gasteiger partial charge is 0.407 e. The van der Waals surface area contributed by atoms with Crippen LogP contribution in [0, 0.1) is 0 Å². The van der Waals surface area contributed by atoms with Crippen molar-refractivity contribution in [2.45, 2.75) is 26.4 Å². The van der Waals surface area contributed by atoms with Gasteiger partial charge < -0.3 is 39.4 Å². The van der Waals surface area contributed by atoms with Crippen LogP contribution in [0.15, 0.2) is 48.6 Å². The summed E-state index contributed by atoms with van der Waals surface area (Å²) >= 11 is 0. The van der Waals surface area contributed by atoms with Gasteiger partial charge in [0.05, 0.1) is 19.7 Å². The number of aliphatic hydroxyl groups excluding tert-OH is 1. The minimum atomic E-state index is -1.05. The molecule has 0 aromatic heterocycles. The third-order valence-corrected chi connectivity index (χ3v) is 4.30. The van der Waals surface area contributed by atoms with E-state index < -0.39 is 30.2 Å². The van der Waals surface area contributed by atoms with Gasteiger partial charge in [-0.1, -0.05) is 25.3 Å². The Balaban J connectivity index is 2.16. The van der Waals surface area contributed by atoms with Crippen LogP contribution in [-0.4, -0.2) is 81.5 Å². The fourth-order valence-corrected chi connectivity index (χ4v) is 2.37. The van der Waals surface area contributed by atoms with Crippen molar-refractivity contribution < 1.29 is 48.0 Å². The highest BCUT2D eigenvalue weighted by Gasteiger charge is 2.11. The van der Waals surface area contributed by atoms with Gasteiger partial charge in [-0.15, -0.1) is 0 Å². The van der Waals surface area contributed by atoms with Crippen molar-refractivity contribution in [3.63, 3.8) is 0 Å². The Labute approximate surface area is 215 Å². The van der Waals surface area contributed by atoms with E-state index in [-0.39, 0.29) is 57.3 Å². The summed E-state index contributed by atoms with van der Waals surface area (Å²) in [7, 11) is 0. The topological polar surface area (TPSA) is 159 Å². The van der Waals surface area contributed by atoms with Crippen LogP contribution in [0.25, 0.3) is 0 Å². The second kappa shape index (κ2) is 17.4. The maximum absolute atomic E-state index is 11.6. The van der Waals surface area contributed by atoms with Crippen LogP contribution >= 0.6 is 0 Å². The number of alkyl carbamates (subject to hydrolysis) is 2. The number of ether oxygens (including phenoxy) is 5.